The third kappa shape index (κ3) is 2.16. The zero-order chi connectivity index (χ0) is 13.4. The Balaban J connectivity index is 1.93. The molecule has 1 aromatic carbocycles. The van der Waals surface area contributed by atoms with Crippen LogP contribution >= 0.6 is 0 Å². The number of halogens is 1. The van der Waals surface area contributed by atoms with Crippen LogP contribution in [0.4, 0.5) is 4.39 Å². The van der Waals surface area contributed by atoms with E-state index < -0.39 is 6.08 Å². The fourth-order valence-electron chi connectivity index (χ4n) is 1.72. The molecule has 19 heavy (non-hydrogen) atoms. The van der Waals surface area contributed by atoms with E-state index in [0.29, 0.717) is 28.5 Å². The molecule has 5 nitrogen and oxygen atoms in total. The lowest BCUT2D eigenvalue weighted by molar-refractivity contribution is 0.174. The molecule has 0 amide bonds. The number of aromatic nitrogens is 2. The highest BCUT2D eigenvalue weighted by Gasteiger charge is 2.15. The summed E-state index contributed by atoms with van der Waals surface area (Å²) < 4.78 is 29.2. The van der Waals surface area contributed by atoms with Gasteiger partial charge in [-0.25, -0.2) is 4.98 Å². The van der Waals surface area contributed by atoms with Crippen molar-refractivity contribution in [3.63, 3.8) is 0 Å². The first kappa shape index (κ1) is 11.7. The fourth-order valence-corrected chi connectivity index (χ4v) is 1.72. The van der Waals surface area contributed by atoms with Gasteiger partial charge in [-0.15, -0.1) is 0 Å². The Morgan fingerprint density at radius 1 is 1.16 bits per heavy atom. The minimum absolute atomic E-state index is 0.194. The van der Waals surface area contributed by atoms with Gasteiger partial charge in [0.25, 0.3) is 0 Å². The largest absolute Gasteiger partial charge is 0.454 e. The van der Waals surface area contributed by atoms with E-state index in [1.54, 1.807) is 32.0 Å². The lowest BCUT2D eigenvalue weighted by Crippen LogP contribution is -2.00. The number of ether oxygens (including phenoxy) is 3. The van der Waals surface area contributed by atoms with Crippen molar-refractivity contribution >= 4 is 0 Å². The van der Waals surface area contributed by atoms with E-state index in [1.165, 1.54) is 0 Å². The molecule has 0 aliphatic carbocycles. The molecule has 0 fully saturated rings. The predicted octanol–water partition coefficient (Wildman–Crippen LogP) is 2.75. The molecule has 0 atom stereocenters. The van der Waals surface area contributed by atoms with Crippen molar-refractivity contribution in [2.24, 2.45) is 0 Å². The van der Waals surface area contributed by atoms with Crippen LogP contribution in [0.5, 0.6) is 23.1 Å². The van der Waals surface area contributed by atoms with Gasteiger partial charge in [0.1, 0.15) is 5.75 Å². The summed E-state index contributed by atoms with van der Waals surface area (Å²) in [5.41, 5.74) is 1.24. The van der Waals surface area contributed by atoms with Crippen molar-refractivity contribution in [1.82, 2.24) is 9.97 Å². The van der Waals surface area contributed by atoms with E-state index in [4.69, 9.17) is 14.2 Å². The molecule has 0 N–H and O–H groups in total. The van der Waals surface area contributed by atoms with E-state index in [9.17, 15) is 4.39 Å². The molecule has 2 heterocycles. The maximum absolute atomic E-state index is 13.2. The third-order valence-corrected chi connectivity index (χ3v) is 2.88. The zero-order valence-electron chi connectivity index (χ0n) is 10.4. The summed E-state index contributed by atoms with van der Waals surface area (Å²) in [6, 6.07) is 5.12. The van der Waals surface area contributed by atoms with E-state index in [-0.39, 0.29) is 12.7 Å². The number of benzene rings is 1. The van der Waals surface area contributed by atoms with Gasteiger partial charge in [-0.2, -0.15) is 9.37 Å². The van der Waals surface area contributed by atoms with Gasteiger partial charge in [-0.1, -0.05) is 0 Å². The van der Waals surface area contributed by atoms with E-state index in [2.05, 4.69) is 9.97 Å². The summed E-state index contributed by atoms with van der Waals surface area (Å²) in [4.78, 5) is 7.28. The Hall–Kier alpha value is -2.37. The highest BCUT2D eigenvalue weighted by Crippen LogP contribution is 2.36. The number of aryl methyl sites for hydroxylation is 1. The van der Waals surface area contributed by atoms with Gasteiger partial charge >= 0.3 is 6.08 Å². The monoisotopic (exact) mass is 262 g/mol. The smallest absolute Gasteiger partial charge is 0.312 e. The van der Waals surface area contributed by atoms with Crippen molar-refractivity contribution in [1.29, 1.82) is 0 Å². The number of fused-ring (bicyclic) bond motifs is 1. The van der Waals surface area contributed by atoms with E-state index in [0.717, 1.165) is 0 Å². The van der Waals surface area contributed by atoms with Crippen LogP contribution in [0.1, 0.15) is 11.3 Å². The average molecular weight is 262 g/mol. The van der Waals surface area contributed by atoms with Crippen LogP contribution in [0.2, 0.25) is 0 Å². The van der Waals surface area contributed by atoms with Crippen LogP contribution in [0.3, 0.4) is 0 Å². The minimum Gasteiger partial charge on any atom is -0.454 e. The van der Waals surface area contributed by atoms with Gasteiger partial charge in [0.05, 0.1) is 5.69 Å². The number of hydrogen-bond acceptors (Lipinski definition) is 5. The Kier molecular flexibility index (Phi) is 2.70. The second kappa shape index (κ2) is 4.38. The quantitative estimate of drug-likeness (QED) is 0.779. The molecule has 1 aliphatic rings. The summed E-state index contributed by atoms with van der Waals surface area (Å²) in [6.07, 6.45) is -0.807. The van der Waals surface area contributed by atoms with Crippen molar-refractivity contribution in [2.75, 3.05) is 6.79 Å². The lowest BCUT2D eigenvalue weighted by atomic mass is 10.2. The maximum Gasteiger partial charge on any atom is 0.312 e. The molecule has 1 aliphatic heterocycles. The molecule has 0 saturated carbocycles. The molecule has 3 rings (SSSR count). The topological polar surface area (TPSA) is 53.5 Å². The second-order valence-corrected chi connectivity index (χ2v) is 4.13. The van der Waals surface area contributed by atoms with Crippen LogP contribution in [0, 0.1) is 19.9 Å². The van der Waals surface area contributed by atoms with Crippen molar-refractivity contribution in [3.05, 3.63) is 35.5 Å². The second-order valence-electron chi connectivity index (χ2n) is 4.13. The van der Waals surface area contributed by atoms with Crippen molar-refractivity contribution in [2.45, 2.75) is 13.8 Å². The lowest BCUT2D eigenvalue weighted by Gasteiger charge is -2.09. The van der Waals surface area contributed by atoms with Gasteiger partial charge in [-0.3, -0.25) is 0 Å². The molecule has 2 aromatic rings. The first-order valence-electron chi connectivity index (χ1n) is 5.72. The normalized spacial score (nSPS) is 12.6. The Labute approximate surface area is 109 Å². The number of hydrogen-bond donors (Lipinski definition) is 0. The molecule has 0 radical (unpaired) electrons. The minimum atomic E-state index is -0.807. The standard InChI is InChI=1S/C13H11FN2O3/c1-7-8(2)15-13(14)16-12(7)19-9-3-4-10-11(5-9)18-6-17-10/h3-5H,6H2,1-2H3. The molecule has 6 heteroatoms. The summed E-state index contributed by atoms with van der Waals surface area (Å²) >= 11 is 0. The Morgan fingerprint density at radius 2 is 1.95 bits per heavy atom. The predicted molar refractivity (Wildman–Crippen MR) is 64.1 cm³/mol. The zero-order valence-corrected chi connectivity index (χ0v) is 10.4. The SMILES string of the molecule is Cc1nc(F)nc(Oc2ccc3c(c2)OCO3)c1C. The molecular weight excluding hydrogens is 251 g/mol. The van der Waals surface area contributed by atoms with Gasteiger partial charge in [0.15, 0.2) is 11.5 Å². The fraction of sp³-hybridized carbons (Fsp3) is 0.231. The maximum atomic E-state index is 13.2. The number of rotatable bonds is 2. The molecule has 0 unspecified atom stereocenters. The Morgan fingerprint density at radius 3 is 2.79 bits per heavy atom. The summed E-state index contributed by atoms with van der Waals surface area (Å²) in [7, 11) is 0. The summed E-state index contributed by atoms with van der Waals surface area (Å²) in [5.74, 6) is 1.96. The van der Waals surface area contributed by atoms with Crippen LogP contribution in [-0.2, 0) is 0 Å². The molecule has 0 bridgehead atoms. The van der Waals surface area contributed by atoms with Crippen LogP contribution in [0.15, 0.2) is 18.2 Å². The Bertz CT molecular complexity index is 646. The van der Waals surface area contributed by atoms with Gasteiger partial charge in [0.2, 0.25) is 12.7 Å². The molecule has 0 spiro atoms. The molecule has 0 saturated heterocycles. The first-order chi connectivity index (χ1) is 9.13. The van der Waals surface area contributed by atoms with E-state index in [1.807, 2.05) is 0 Å². The highest BCUT2D eigenvalue weighted by molar-refractivity contribution is 5.48. The van der Waals surface area contributed by atoms with Gasteiger partial charge in [-0.05, 0) is 26.0 Å². The van der Waals surface area contributed by atoms with Crippen LogP contribution < -0.4 is 14.2 Å². The van der Waals surface area contributed by atoms with Crippen LogP contribution in [0.25, 0.3) is 0 Å². The van der Waals surface area contributed by atoms with Crippen LogP contribution in [-0.4, -0.2) is 16.8 Å². The van der Waals surface area contributed by atoms with E-state index >= 15 is 0 Å². The molecule has 1 aromatic heterocycles. The highest BCUT2D eigenvalue weighted by atomic mass is 19.1. The molecular formula is C13H11FN2O3. The summed E-state index contributed by atoms with van der Waals surface area (Å²) in [6.45, 7) is 3.67. The molecule has 98 valence electrons. The third-order valence-electron chi connectivity index (χ3n) is 2.88. The number of nitrogens with zero attached hydrogens (tertiary/aromatic N) is 2. The summed E-state index contributed by atoms with van der Waals surface area (Å²) in [5, 5.41) is 0. The average Bonchev–Trinajstić information content (AvgIpc) is 2.82. The van der Waals surface area contributed by atoms with Gasteiger partial charge < -0.3 is 14.2 Å². The van der Waals surface area contributed by atoms with Crippen molar-refractivity contribution in [3.8, 4) is 23.1 Å². The first-order valence-corrected chi connectivity index (χ1v) is 5.72. The van der Waals surface area contributed by atoms with Crippen molar-refractivity contribution < 1.29 is 18.6 Å². The van der Waals surface area contributed by atoms with Gasteiger partial charge in [0, 0.05) is 11.6 Å².